The molecular formula is C17H24N4O3. The molecule has 0 aromatic carbocycles. The van der Waals surface area contributed by atoms with Gasteiger partial charge in [-0.25, -0.2) is 4.98 Å². The SMILES string of the molecule is Cc1cccc(NC(=O)CCNC(=O)CCNC(=O)[C@@H]2C[C@H]2C)n1. The molecule has 1 saturated carbocycles. The summed E-state index contributed by atoms with van der Waals surface area (Å²) < 4.78 is 0. The van der Waals surface area contributed by atoms with Crippen molar-refractivity contribution in [3.63, 3.8) is 0 Å². The fraction of sp³-hybridized carbons (Fsp3) is 0.529. The van der Waals surface area contributed by atoms with Crippen LogP contribution in [0.25, 0.3) is 0 Å². The molecule has 3 amide bonds. The molecule has 2 rings (SSSR count). The average Bonchev–Trinajstić information content (AvgIpc) is 3.24. The van der Waals surface area contributed by atoms with E-state index >= 15 is 0 Å². The van der Waals surface area contributed by atoms with Crippen LogP contribution in [0, 0.1) is 18.8 Å². The van der Waals surface area contributed by atoms with Crippen LogP contribution in [0.1, 0.15) is 31.9 Å². The van der Waals surface area contributed by atoms with Crippen molar-refractivity contribution in [1.29, 1.82) is 0 Å². The summed E-state index contributed by atoms with van der Waals surface area (Å²) in [6.07, 6.45) is 1.32. The molecule has 3 N–H and O–H groups in total. The van der Waals surface area contributed by atoms with Gasteiger partial charge in [-0.05, 0) is 31.4 Å². The molecule has 0 spiro atoms. The first kappa shape index (κ1) is 17.9. The number of aromatic nitrogens is 1. The molecule has 24 heavy (non-hydrogen) atoms. The van der Waals surface area contributed by atoms with Crippen LogP contribution in [0.4, 0.5) is 5.82 Å². The first-order valence-corrected chi connectivity index (χ1v) is 8.23. The Labute approximate surface area is 141 Å². The monoisotopic (exact) mass is 332 g/mol. The highest BCUT2D eigenvalue weighted by molar-refractivity contribution is 5.90. The van der Waals surface area contributed by atoms with Crippen molar-refractivity contribution in [3.05, 3.63) is 23.9 Å². The van der Waals surface area contributed by atoms with Gasteiger partial charge in [-0.15, -0.1) is 0 Å². The summed E-state index contributed by atoms with van der Waals surface area (Å²) >= 11 is 0. The van der Waals surface area contributed by atoms with E-state index in [1.54, 1.807) is 6.07 Å². The van der Waals surface area contributed by atoms with Crippen LogP contribution in [-0.4, -0.2) is 35.8 Å². The number of anilines is 1. The molecule has 1 aromatic rings. The van der Waals surface area contributed by atoms with E-state index < -0.39 is 0 Å². The van der Waals surface area contributed by atoms with Crippen LogP contribution in [0.3, 0.4) is 0 Å². The maximum absolute atomic E-state index is 11.8. The van der Waals surface area contributed by atoms with Gasteiger partial charge in [0.25, 0.3) is 0 Å². The number of hydrogen-bond donors (Lipinski definition) is 3. The van der Waals surface area contributed by atoms with Crippen molar-refractivity contribution < 1.29 is 14.4 Å². The molecule has 7 heteroatoms. The summed E-state index contributed by atoms with van der Waals surface area (Å²) in [4.78, 5) is 39.2. The maximum atomic E-state index is 11.8. The first-order chi connectivity index (χ1) is 11.5. The number of rotatable bonds is 8. The molecule has 1 fully saturated rings. The molecule has 0 unspecified atom stereocenters. The van der Waals surface area contributed by atoms with E-state index in [9.17, 15) is 14.4 Å². The Morgan fingerprint density at radius 2 is 1.79 bits per heavy atom. The standard InChI is InChI=1S/C17H24N4O3/c1-11-10-13(11)17(24)19-9-6-15(22)18-8-7-16(23)21-14-5-3-4-12(2)20-14/h3-5,11,13H,6-10H2,1-2H3,(H,18,22)(H,19,24)(H,20,21,23)/t11-,13-/m1/s1. The van der Waals surface area contributed by atoms with Crippen LogP contribution in [0.15, 0.2) is 18.2 Å². The summed E-state index contributed by atoms with van der Waals surface area (Å²) in [5, 5.41) is 8.10. The molecule has 2 atom stereocenters. The number of pyridine rings is 1. The van der Waals surface area contributed by atoms with Crippen molar-refractivity contribution >= 4 is 23.5 Å². The van der Waals surface area contributed by atoms with Gasteiger partial charge in [0, 0.05) is 37.5 Å². The van der Waals surface area contributed by atoms with Crippen LogP contribution in [0.2, 0.25) is 0 Å². The molecule has 1 aliphatic rings. The summed E-state index contributed by atoms with van der Waals surface area (Å²) in [5.41, 5.74) is 0.823. The molecular weight excluding hydrogens is 308 g/mol. The summed E-state index contributed by atoms with van der Waals surface area (Å²) in [7, 11) is 0. The van der Waals surface area contributed by atoms with Crippen molar-refractivity contribution in [2.24, 2.45) is 11.8 Å². The predicted octanol–water partition coefficient (Wildman–Crippen LogP) is 0.997. The summed E-state index contributed by atoms with van der Waals surface area (Å²) in [6.45, 7) is 4.46. The Balaban J connectivity index is 1.55. The van der Waals surface area contributed by atoms with E-state index in [4.69, 9.17) is 0 Å². The molecule has 7 nitrogen and oxygen atoms in total. The Morgan fingerprint density at radius 3 is 2.46 bits per heavy atom. The third-order valence-corrected chi connectivity index (χ3v) is 3.93. The van der Waals surface area contributed by atoms with Crippen LogP contribution in [-0.2, 0) is 14.4 Å². The number of amides is 3. The second-order valence-electron chi connectivity index (χ2n) is 6.17. The topological polar surface area (TPSA) is 100 Å². The van der Waals surface area contributed by atoms with E-state index in [1.165, 1.54) is 0 Å². The maximum Gasteiger partial charge on any atom is 0.227 e. The van der Waals surface area contributed by atoms with Gasteiger partial charge in [-0.2, -0.15) is 0 Å². The lowest BCUT2D eigenvalue weighted by atomic mass is 10.3. The molecule has 0 saturated heterocycles. The predicted molar refractivity (Wildman–Crippen MR) is 90.1 cm³/mol. The van der Waals surface area contributed by atoms with Crippen LogP contribution < -0.4 is 16.0 Å². The Kier molecular flexibility index (Phi) is 6.28. The lowest BCUT2D eigenvalue weighted by molar-refractivity contribution is -0.123. The highest BCUT2D eigenvalue weighted by atomic mass is 16.2. The Morgan fingerprint density at radius 1 is 1.12 bits per heavy atom. The van der Waals surface area contributed by atoms with Gasteiger partial charge in [-0.3, -0.25) is 14.4 Å². The van der Waals surface area contributed by atoms with Gasteiger partial charge in [-0.1, -0.05) is 13.0 Å². The second kappa shape index (κ2) is 8.42. The second-order valence-corrected chi connectivity index (χ2v) is 6.17. The fourth-order valence-corrected chi connectivity index (χ4v) is 2.34. The van der Waals surface area contributed by atoms with Gasteiger partial charge in [0.15, 0.2) is 0 Å². The molecule has 1 aromatic heterocycles. The van der Waals surface area contributed by atoms with Gasteiger partial charge in [0.1, 0.15) is 5.82 Å². The van der Waals surface area contributed by atoms with E-state index in [1.807, 2.05) is 26.0 Å². The zero-order valence-corrected chi connectivity index (χ0v) is 14.1. The number of aryl methyl sites for hydroxylation is 1. The van der Waals surface area contributed by atoms with Crippen molar-refractivity contribution in [3.8, 4) is 0 Å². The first-order valence-electron chi connectivity index (χ1n) is 8.23. The lowest BCUT2D eigenvalue weighted by Crippen LogP contribution is -2.33. The number of nitrogens with one attached hydrogen (secondary N) is 3. The van der Waals surface area contributed by atoms with Crippen molar-refractivity contribution in [1.82, 2.24) is 15.6 Å². The minimum atomic E-state index is -0.204. The van der Waals surface area contributed by atoms with Gasteiger partial charge in [0.2, 0.25) is 17.7 Å². The Hall–Kier alpha value is -2.44. The molecule has 0 radical (unpaired) electrons. The molecule has 1 aliphatic carbocycles. The third-order valence-electron chi connectivity index (χ3n) is 3.93. The minimum absolute atomic E-state index is 0.0281. The average molecular weight is 332 g/mol. The fourth-order valence-electron chi connectivity index (χ4n) is 2.34. The highest BCUT2D eigenvalue weighted by Crippen LogP contribution is 2.37. The number of carbonyl (C=O) groups excluding carboxylic acids is 3. The smallest absolute Gasteiger partial charge is 0.227 e. The van der Waals surface area contributed by atoms with E-state index in [0.29, 0.717) is 18.3 Å². The minimum Gasteiger partial charge on any atom is -0.356 e. The van der Waals surface area contributed by atoms with Crippen LogP contribution >= 0.6 is 0 Å². The third kappa shape index (κ3) is 5.98. The van der Waals surface area contributed by atoms with Crippen LogP contribution in [0.5, 0.6) is 0 Å². The van der Waals surface area contributed by atoms with Gasteiger partial charge < -0.3 is 16.0 Å². The molecule has 1 heterocycles. The summed E-state index contributed by atoms with van der Waals surface area (Å²) in [6, 6.07) is 5.38. The normalized spacial score (nSPS) is 18.6. The zero-order chi connectivity index (χ0) is 17.5. The highest BCUT2D eigenvalue weighted by Gasteiger charge is 2.38. The van der Waals surface area contributed by atoms with Crippen molar-refractivity contribution in [2.45, 2.75) is 33.1 Å². The quantitative estimate of drug-likeness (QED) is 0.661. The number of hydrogen-bond acceptors (Lipinski definition) is 4. The number of carbonyl (C=O) groups is 3. The largest absolute Gasteiger partial charge is 0.356 e. The lowest BCUT2D eigenvalue weighted by Gasteiger charge is -2.07. The van der Waals surface area contributed by atoms with E-state index in [2.05, 4.69) is 20.9 Å². The number of nitrogens with zero attached hydrogens (tertiary/aromatic N) is 1. The van der Waals surface area contributed by atoms with Gasteiger partial charge >= 0.3 is 0 Å². The van der Waals surface area contributed by atoms with E-state index in [-0.39, 0.29) is 43.0 Å². The zero-order valence-electron chi connectivity index (χ0n) is 14.1. The van der Waals surface area contributed by atoms with E-state index in [0.717, 1.165) is 12.1 Å². The van der Waals surface area contributed by atoms with Gasteiger partial charge in [0.05, 0.1) is 0 Å². The molecule has 0 bridgehead atoms. The molecule has 0 aliphatic heterocycles. The molecule has 130 valence electrons. The van der Waals surface area contributed by atoms with Crippen molar-refractivity contribution in [2.75, 3.05) is 18.4 Å². The Bertz CT molecular complexity index is 618. The summed E-state index contributed by atoms with van der Waals surface area (Å²) in [5.74, 6) is 0.723.